The smallest absolute Gasteiger partial charge is 1.00 e. The molecule has 0 N–H and O–H groups in total. The van der Waals surface area contributed by atoms with Crippen LogP contribution in [0.5, 0.6) is 0 Å². The molecule has 0 rings (SSSR count). The Morgan fingerprint density at radius 1 is 1.20 bits per heavy atom. The Labute approximate surface area is 172 Å². The van der Waals surface area contributed by atoms with Gasteiger partial charge in [0.2, 0.25) is 0 Å². The van der Waals surface area contributed by atoms with Crippen molar-refractivity contribution in [3.63, 3.8) is 0 Å². The van der Waals surface area contributed by atoms with Crippen molar-refractivity contribution in [2.24, 2.45) is 0 Å². The molecular formula is H12BaCaMgSiSr. The third kappa shape index (κ3) is 17.6. The fourth-order valence-electron chi connectivity index (χ4n) is 0. The predicted molar refractivity (Wildman–Crippen MR) is 43.2 cm³/mol. The van der Waals surface area contributed by atoms with E-state index < -0.39 is 0 Å². The summed E-state index contributed by atoms with van der Waals surface area (Å²) < 4.78 is 0. The van der Waals surface area contributed by atoms with Gasteiger partial charge in [-0.3, -0.25) is 0 Å². The zero-order valence-electron chi connectivity index (χ0n) is 10.8. The van der Waals surface area contributed by atoms with E-state index in [4.69, 9.17) is 0 Å². The van der Waals surface area contributed by atoms with Crippen molar-refractivity contribution in [3.8, 4) is 0 Å². The van der Waals surface area contributed by atoms with E-state index in [0.717, 1.165) is 0 Å². The molecule has 0 aromatic carbocycles. The van der Waals surface area contributed by atoms with Crippen molar-refractivity contribution in [2.45, 2.75) is 0 Å². The SMILES string of the molecule is [Ba+2].[Ca+2].[H-].[H-].[H-].[H-].[H-].[H-].[H-].[H-].[Mg+2].[SiH4].[Sr+2]. The Morgan fingerprint density at radius 2 is 1.20 bits per heavy atom. The van der Waals surface area contributed by atoms with Gasteiger partial charge in [0.25, 0.3) is 0 Å². The number of hydrogen-bond acceptors (Lipinski definition) is 0. The third-order valence-corrected chi connectivity index (χ3v) is 0. The van der Waals surface area contributed by atoms with E-state index in [1.54, 1.807) is 0 Å². The van der Waals surface area contributed by atoms with Crippen molar-refractivity contribution >= 4 is 166 Å². The van der Waals surface area contributed by atoms with E-state index in [9.17, 15) is 0 Å². The minimum absolute atomic E-state index is 0. The van der Waals surface area contributed by atoms with Crippen molar-refractivity contribution in [2.75, 3.05) is 0 Å². The van der Waals surface area contributed by atoms with Gasteiger partial charge in [-0.2, -0.15) is 0 Å². The second-order valence-electron chi connectivity index (χ2n) is 0. The summed E-state index contributed by atoms with van der Waals surface area (Å²) in [6, 6.07) is 0. The molecule has 0 fully saturated rings. The van der Waals surface area contributed by atoms with Crippen LogP contribution in [0, 0.1) is 0 Å². The van der Waals surface area contributed by atoms with Gasteiger partial charge < -0.3 is 11.4 Å². The zero-order chi connectivity index (χ0) is 0. The maximum absolute atomic E-state index is 0. The van der Waals surface area contributed by atoms with Gasteiger partial charge >= 0.3 is 155 Å². The summed E-state index contributed by atoms with van der Waals surface area (Å²) in [5.41, 5.74) is 0. The average molecular weight is 330 g/mol. The molecule has 0 radical (unpaired) electrons. The standard InChI is InChI=1S/Ba.Ca.Mg.H4Si.Sr.8H/h;;;1H4;;;;;;;;;/q3*+2;;+2;8*-1. The molecule has 5 heteroatoms. The van der Waals surface area contributed by atoms with Gasteiger partial charge in [-0.1, -0.05) is 0 Å². The Hall–Kier alpha value is 5.29. The first kappa shape index (κ1) is 31.7. The first-order valence-corrected chi connectivity index (χ1v) is 0. The minimum atomic E-state index is 0. The molecule has 0 spiro atoms. The topological polar surface area (TPSA) is 0 Å². The predicted octanol–water partition coefficient (Wildman–Crippen LogP) is -2.07. The van der Waals surface area contributed by atoms with Crippen LogP contribution in [0.4, 0.5) is 0 Å². The van der Waals surface area contributed by atoms with E-state index >= 15 is 0 Å². The molecule has 0 aliphatic rings. The largest absolute Gasteiger partial charge is 2.00 e. The fourth-order valence-corrected chi connectivity index (χ4v) is 0. The summed E-state index contributed by atoms with van der Waals surface area (Å²) in [6.07, 6.45) is 0. The van der Waals surface area contributed by atoms with Crippen LogP contribution in [-0.4, -0.2) is 166 Å². The molecule has 0 atom stereocenters. The Bertz CT molecular complexity index is 24.1. The van der Waals surface area contributed by atoms with E-state index in [1.807, 2.05) is 0 Å². The van der Waals surface area contributed by atoms with Crippen molar-refractivity contribution in [3.05, 3.63) is 0 Å². The molecule has 5 heavy (non-hydrogen) atoms. The molecule has 0 aliphatic heterocycles. The van der Waals surface area contributed by atoms with Crippen LogP contribution in [0.25, 0.3) is 0 Å². The van der Waals surface area contributed by atoms with Crippen LogP contribution in [0.15, 0.2) is 0 Å². The molecule has 0 heterocycles. The van der Waals surface area contributed by atoms with Crippen LogP contribution in [0.2, 0.25) is 0 Å². The molecule has 0 nitrogen and oxygen atoms in total. The third-order valence-electron chi connectivity index (χ3n) is 0. The Balaban J connectivity index is 0. The van der Waals surface area contributed by atoms with Crippen molar-refractivity contribution in [1.29, 1.82) is 0 Å². The van der Waals surface area contributed by atoms with Crippen LogP contribution in [-0.2, 0) is 0 Å². The van der Waals surface area contributed by atoms with Crippen LogP contribution in [0.1, 0.15) is 11.4 Å². The maximum atomic E-state index is 0. The summed E-state index contributed by atoms with van der Waals surface area (Å²) in [7, 11) is 0. The minimum Gasteiger partial charge on any atom is -1.00 e. The van der Waals surface area contributed by atoms with Gasteiger partial charge in [-0.25, -0.2) is 0 Å². The van der Waals surface area contributed by atoms with E-state index in [1.165, 1.54) is 0 Å². The number of hydrogen-bond donors (Lipinski definition) is 0. The molecule has 0 bridgehead atoms. The average Bonchev–Trinajstić information content (AvgIpc) is 0. The first-order valence-electron chi connectivity index (χ1n) is 0. The van der Waals surface area contributed by atoms with Gasteiger partial charge in [0.05, 0.1) is 0 Å². The van der Waals surface area contributed by atoms with Gasteiger partial charge in [-0.05, 0) is 11.0 Å². The second kappa shape index (κ2) is 22.8. The fraction of sp³-hybridized carbons (Fsp3) is 0. The monoisotopic (exact) mass is 330 g/mol. The van der Waals surface area contributed by atoms with E-state index in [2.05, 4.69) is 0 Å². The van der Waals surface area contributed by atoms with Gasteiger partial charge in [-0.15, -0.1) is 0 Å². The summed E-state index contributed by atoms with van der Waals surface area (Å²) >= 11 is 0. The maximum Gasteiger partial charge on any atom is 2.00 e. The van der Waals surface area contributed by atoms with E-state index in [-0.39, 0.29) is 178 Å². The Kier molecular flexibility index (Phi) is 145. The molecule has 0 unspecified atom stereocenters. The summed E-state index contributed by atoms with van der Waals surface area (Å²) in [6.45, 7) is 0. The number of rotatable bonds is 0. The van der Waals surface area contributed by atoms with Crippen LogP contribution in [0.3, 0.4) is 0 Å². The van der Waals surface area contributed by atoms with Gasteiger partial charge in [0.1, 0.15) is 0 Å². The summed E-state index contributed by atoms with van der Waals surface area (Å²) in [5, 5.41) is 0. The second-order valence-corrected chi connectivity index (χ2v) is 0. The molecule has 0 aliphatic carbocycles. The van der Waals surface area contributed by atoms with Crippen molar-refractivity contribution < 1.29 is 11.4 Å². The van der Waals surface area contributed by atoms with Crippen LogP contribution >= 0.6 is 0 Å². The summed E-state index contributed by atoms with van der Waals surface area (Å²) in [4.78, 5) is 0. The molecular weight excluding hydrogens is 317 g/mol. The molecule has 0 aromatic heterocycles. The Morgan fingerprint density at radius 3 is 1.20 bits per heavy atom. The van der Waals surface area contributed by atoms with Gasteiger partial charge in [0.15, 0.2) is 0 Å². The molecule has 0 aromatic rings. The molecule has 0 saturated heterocycles. The molecule has 24 valence electrons. The molecule has 0 saturated carbocycles. The van der Waals surface area contributed by atoms with Gasteiger partial charge in [0, 0.05) is 0 Å². The van der Waals surface area contributed by atoms with Crippen LogP contribution < -0.4 is 0 Å². The normalized spacial score (nSPS) is 0. The summed E-state index contributed by atoms with van der Waals surface area (Å²) in [5.74, 6) is 0. The molecule has 0 amide bonds. The first-order chi connectivity index (χ1) is 0. The quantitative estimate of drug-likeness (QED) is 0.448. The zero-order valence-corrected chi connectivity index (χ0v) is 14.4. The van der Waals surface area contributed by atoms with Crippen molar-refractivity contribution in [1.82, 2.24) is 0 Å². The van der Waals surface area contributed by atoms with E-state index in [0.29, 0.717) is 0 Å².